The molecule has 0 unspecified atom stereocenters. The Bertz CT molecular complexity index is 1570. The molecule has 0 radical (unpaired) electrons. The lowest BCUT2D eigenvalue weighted by atomic mass is 9.94. The van der Waals surface area contributed by atoms with Gasteiger partial charge in [0.2, 0.25) is 0 Å². The number of hydrogen-bond acceptors (Lipinski definition) is 7. The van der Waals surface area contributed by atoms with Crippen LogP contribution in [0.1, 0.15) is 11.5 Å². The number of halogens is 1. The summed E-state index contributed by atoms with van der Waals surface area (Å²) in [5.74, 6) is -0.437. The average Bonchev–Trinajstić information content (AvgIpc) is 3.42. The van der Waals surface area contributed by atoms with E-state index in [1.807, 2.05) is 48.5 Å². The van der Waals surface area contributed by atoms with Crippen LogP contribution in [-0.2, 0) is 14.3 Å². The lowest BCUT2D eigenvalue weighted by Gasteiger charge is -2.24. The fourth-order valence-corrected chi connectivity index (χ4v) is 5.62. The molecule has 224 valence electrons. The number of ether oxygens (including phenoxy) is 2. The molecular weight excluding hydrogens is 549 g/mol. The Morgan fingerprint density at radius 3 is 2.42 bits per heavy atom. The first-order valence-corrected chi connectivity index (χ1v) is 14.2. The number of amides is 2. The number of benzene rings is 3. The minimum Gasteiger partial charge on any atom is -0.468 e. The highest BCUT2D eigenvalue weighted by Gasteiger charge is 2.35. The van der Waals surface area contributed by atoms with Gasteiger partial charge in [0.15, 0.2) is 0 Å². The number of rotatable bonds is 10. The number of hydrogen-bond donors (Lipinski definition) is 2. The number of pyridine rings is 1. The van der Waals surface area contributed by atoms with Crippen molar-refractivity contribution in [1.29, 1.82) is 0 Å². The Kier molecular flexibility index (Phi) is 9.48. The number of methoxy groups -OCH3 is 2. The predicted molar refractivity (Wildman–Crippen MR) is 166 cm³/mol. The smallest absolute Gasteiger partial charge is 0.325 e. The summed E-state index contributed by atoms with van der Waals surface area (Å²) in [6.07, 6.45) is 0. The van der Waals surface area contributed by atoms with E-state index in [1.54, 1.807) is 25.1 Å². The van der Waals surface area contributed by atoms with Crippen molar-refractivity contribution in [3.05, 3.63) is 90.2 Å². The number of likely N-dealkylation sites (N-methyl/N-ethyl adjacent to an activating group) is 1. The molecule has 1 saturated heterocycles. The Morgan fingerprint density at radius 1 is 1.00 bits per heavy atom. The molecule has 2 atom stereocenters. The molecule has 5 rings (SSSR count). The van der Waals surface area contributed by atoms with Gasteiger partial charge in [-0.25, -0.2) is 14.2 Å². The minimum absolute atomic E-state index is 0.0846. The second kappa shape index (κ2) is 13.6. The lowest BCUT2D eigenvalue weighted by molar-refractivity contribution is -0.138. The summed E-state index contributed by atoms with van der Waals surface area (Å²) in [5, 5.41) is 7.30. The third-order valence-electron chi connectivity index (χ3n) is 7.74. The fourth-order valence-electron chi connectivity index (χ4n) is 5.62. The number of esters is 1. The molecule has 43 heavy (non-hydrogen) atoms. The number of carbonyl (C=O) groups excluding carboxylic acids is 2. The third kappa shape index (κ3) is 6.93. The second-order valence-electron chi connectivity index (χ2n) is 10.6. The Labute approximate surface area is 250 Å². The van der Waals surface area contributed by atoms with Crippen LogP contribution in [0.3, 0.4) is 0 Å². The number of likely N-dealkylation sites (tertiary alicyclic amines) is 1. The molecule has 1 aliphatic heterocycles. The molecule has 2 amide bonds. The first-order valence-electron chi connectivity index (χ1n) is 14.2. The van der Waals surface area contributed by atoms with Gasteiger partial charge in [-0.2, -0.15) is 0 Å². The second-order valence-corrected chi connectivity index (χ2v) is 10.6. The molecule has 0 bridgehead atoms. The minimum atomic E-state index is -0.460. The first-order chi connectivity index (χ1) is 20.9. The lowest BCUT2D eigenvalue weighted by Crippen LogP contribution is -2.42. The van der Waals surface area contributed by atoms with Gasteiger partial charge in [-0.3, -0.25) is 9.69 Å². The molecule has 2 heterocycles. The summed E-state index contributed by atoms with van der Waals surface area (Å²) >= 11 is 0. The summed E-state index contributed by atoms with van der Waals surface area (Å²) in [7, 11) is 4.68. The van der Waals surface area contributed by atoms with E-state index < -0.39 is 11.8 Å². The van der Waals surface area contributed by atoms with Gasteiger partial charge in [-0.15, -0.1) is 0 Å². The van der Waals surface area contributed by atoms with Gasteiger partial charge in [-0.1, -0.05) is 60.7 Å². The molecule has 3 aromatic carbocycles. The van der Waals surface area contributed by atoms with Crippen molar-refractivity contribution in [2.75, 3.05) is 64.3 Å². The maximum Gasteiger partial charge on any atom is 0.325 e. The van der Waals surface area contributed by atoms with Crippen LogP contribution in [0.5, 0.6) is 0 Å². The zero-order valence-electron chi connectivity index (χ0n) is 24.5. The molecule has 0 aliphatic carbocycles. The van der Waals surface area contributed by atoms with Crippen LogP contribution in [0.15, 0.2) is 78.9 Å². The molecule has 2 N–H and O–H groups in total. The van der Waals surface area contributed by atoms with E-state index in [2.05, 4.69) is 27.7 Å². The standard InChI is InChI=1S/C33H36FN5O4/c1-38(21-29(40)43-3)32-26-18-24(34)14-15-25(26)31(30(36-32)23-12-8-5-9-13-23)37-33(41)35-28-20-39(16-17-42-2)19-27(28)22-10-6-4-7-11-22/h4-15,18,27-28H,16-17,19-21H2,1-3H3,(H2,35,37,41)/t27-,28+/m0/s1. The largest absolute Gasteiger partial charge is 0.468 e. The van der Waals surface area contributed by atoms with E-state index in [-0.39, 0.29) is 24.5 Å². The van der Waals surface area contributed by atoms with Crippen molar-refractivity contribution in [2.24, 2.45) is 0 Å². The molecule has 1 aromatic heterocycles. The predicted octanol–water partition coefficient (Wildman–Crippen LogP) is 4.89. The number of fused-ring (bicyclic) bond motifs is 1. The van der Waals surface area contributed by atoms with Gasteiger partial charge < -0.3 is 25.0 Å². The summed E-state index contributed by atoms with van der Waals surface area (Å²) < 4.78 is 24.7. The van der Waals surface area contributed by atoms with Gasteiger partial charge in [-0.05, 0) is 23.8 Å². The summed E-state index contributed by atoms with van der Waals surface area (Å²) in [4.78, 5) is 34.6. The van der Waals surface area contributed by atoms with Crippen LogP contribution >= 0.6 is 0 Å². The van der Waals surface area contributed by atoms with Crippen LogP contribution in [0.4, 0.5) is 20.7 Å². The Balaban J connectivity index is 1.52. The van der Waals surface area contributed by atoms with Crippen LogP contribution in [-0.4, -0.2) is 82.0 Å². The van der Waals surface area contributed by atoms with Gasteiger partial charge in [0.25, 0.3) is 0 Å². The molecule has 1 fully saturated rings. The van der Waals surface area contributed by atoms with E-state index in [9.17, 15) is 14.0 Å². The summed E-state index contributed by atoms with van der Waals surface area (Å²) in [5.41, 5.74) is 2.84. The maximum atomic E-state index is 14.6. The molecule has 1 aliphatic rings. The number of anilines is 2. The van der Waals surface area contributed by atoms with Crippen LogP contribution < -0.4 is 15.5 Å². The molecular formula is C33H36FN5O4. The number of nitrogens with zero attached hydrogens (tertiary/aromatic N) is 3. The highest BCUT2D eigenvalue weighted by atomic mass is 19.1. The van der Waals surface area contributed by atoms with Crippen molar-refractivity contribution in [3.8, 4) is 11.3 Å². The molecule has 9 nitrogen and oxygen atoms in total. The molecule has 4 aromatic rings. The highest BCUT2D eigenvalue weighted by Crippen LogP contribution is 2.38. The van der Waals surface area contributed by atoms with Gasteiger partial charge in [0.1, 0.15) is 18.2 Å². The highest BCUT2D eigenvalue weighted by molar-refractivity contribution is 6.10. The number of aromatic nitrogens is 1. The first kappa shape index (κ1) is 29.9. The monoisotopic (exact) mass is 585 g/mol. The van der Waals surface area contributed by atoms with Crippen LogP contribution in [0.25, 0.3) is 22.0 Å². The number of carbonyl (C=O) groups is 2. The van der Waals surface area contributed by atoms with Crippen molar-refractivity contribution < 1.29 is 23.5 Å². The van der Waals surface area contributed by atoms with Crippen LogP contribution in [0, 0.1) is 5.82 Å². The van der Waals surface area contributed by atoms with Crippen LogP contribution in [0.2, 0.25) is 0 Å². The zero-order valence-corrected chi connectivity index (χ0v) is 24.5. The van der Waals surface area contributed by atoms with E-state index in [0.717, 1.165) is 24.2 Å². The van der Waals surface area contributed by atoms with Crippen molar-refractivity contribution in [1.82, 2.24) is 15.2 Å². The average molecular weight is 586 g/mol. The van der Waals surface area contributed by atoms with Gasteiger partial charge in [0, 0.05) is 56.0 Å². The number of urea groups is 1. The third-order valence-corrected chi connectivity index (χ3v) is 7.74. The maximum absolute atomic E-state index is 14.6. The molecule has 10 heteroatoms. The normalized spacial score (nSPS) is 16.7. The topological polar surface area (TPSA) is 96.0 Å². The van der Waals surface area contributed by atoms with E-state index in [1.165, 1.54) is 19.2 Å². The Morgan fingerprint density at radius 2 is 1.72 bits per heavy atom. The molecule has 0 saturated carbocycles. The molecule has 0 spiro atoms. The fraction of sp³-hybridized carbons (Fsp3) is 0.303. The summed E-state index contributed by atoms with van der Waals surface area (Å²) in [6.45, 7) is 2.74. The van der Waals surface area contributed by atoms with E-state index in [0.29, 0.717) is 41.1 Å². The zero-order chi connectivity index (χ0) is 30.3. The summed E-state index contributed by atoms with van der Waals surface area (Å²) in [6, 6.07) is 23.4. The Hall–Kier alpha value is -4.54. The quantitative estimate of drug-likeness (QED) is 0.256. The van der Waals surface area contributed by atoms with Crippen molar-refractivity contribution >= 4 is 34.3 Å². The van der Waals surface area contributed by atoms with Gasteiger partial charge in [0.05, 0.1) is 31.1 Å². The number of nitrogens with one attached hydrogen (secondary N) is 2. The van der Waals surface area contributed by atoms with Gasteiger partial charge >= 0.3 is 12.0 Å². The van der Waals surface area contributed by atoms with Crippen molar-refractivity contribution in [3.63, 3.8) is 0 Å². The van der Waals surface area contributed by atoms with E-state index in [4.69, 9.17) is 14.5 Å². The van der Waals surface area contributed by atoms with E-state index >= 15 is 0 Å². The van der Waals surface area contributed by atoms with Crippen molar-refractivity contribution in [2.45, 2.75) is 12.0 Å². The SMILES string of the molecule is COCCN1C[C@@H](NC(=O)Nc2c(-c3ccccc3)nc(N(C)CC(=O)OC)c3cc(F)ccc23)[C@H](c2ccccc2)C1.